The van der Waals surface area contributed by atoms with Crippen LogP contribution in [0, 0.1) is 0 Å². The lowest BCUT2D eigenvalue weighted by atomic mass is 10.4. The highest BCUT2D eigenvalue weighted by molar-refractivity contribution is 9.10. The number of hydrogen-bond acceptors (Lipinski definition) is 4. The molecule has 0 aliphatic carbocycles. The van der Waals surface area contributed by atoms with Crippen molar-refractivity contribution in [2.45, 2.75) is 0 Å². The molecule has 78 valence electrons. The predicted molar refractivity (Wildman–Crippen MR) is 58.9 cm³/mol. The van der Waals surface area contributed by atoms with Gasteiger partial charge in [-0.2, -0.15) is 0 Å². The molecule has 0 aliphatic rings. The standard InChI is InChI=1S/C9H13BrN2O2/c1-13-4-3-11-8-5-9(14-2)12-6-7(8)10/h5-6H,3-4H2,1-2H3,(H,11,12). The molecule has 0 bridgehead atoms. The van der Waals surface area contributed by atoms with Crippen LogP contribution < -0.4 is 10.1 Å². The van der Waals surface area contributed by atoms with Gasteiger partial charge in [0.2, 0.25) is 5.88 Å². The summed E-state index contributed by atoms with van der Waals surface area (Å²) < 4.78 is 10.9. The molecule has 0 aromatic carbocycles. The van der Waals surface area contributed by atoms with Gasteiger partial charge < -0.3 is 14.8 Å². The number of halogens is 1. The van der Waals surface area contributed by atoms with Gasteiger partial charge in [0.1, 0.15) is 0 Å². The van der Waals surface area contributed by atoms with Crippen molar-refractivity contribution in [3.05, 3.63) is 16.7 Å². The van der Waals surface area contributed by atoms with Crippen LogP contribution in [0.25, 0.3) is 0 Å². The van der Waals surface area contributed by atoms with Crippen LogP contribution in [0.1, 0.15) is 0 Å². The van der Waals surface area contributed by atoms with Crippen molar-refractivity contribution < 1.29 is 9.47 Å². The summed E-state index contributed by atoms with van der Waals surface area (Å²) >= 11 is 3.39. The quantitative estimate of drug-likeness (QED) is 0.822. The van der Waals surface area contributed by atoms with Gasteiger partial charge in [0, 0.05) is 25.9 Å². The Labute approximate surface area is 91.8 Å². The zero-order chi connectivity index (χ0) is 10.4. The molecule has 1 rings (SSSR count). The minimum atomic E-state index is 0.591. The first kappa shape index (κ1) is 11.3. The largest absolute Gasteiger partial charge is 0.481 e. The van der Waals surface area contributed by atoms with E-state index in [2.05, 4.69) is 26.2 Å². The Hall–Kier alpha value is -0.810. The smallest absolute Gasteiger partial charge is 0.215 e. The molecule has 0 spiro atoms. The summed E-state index contributed by atoms with van der Waals surface area (Å²) in [6.45, 7) is 1.42. The number of anilines is 1. The van der Waals surface area contributed by atoms with Gasteiger partial charge in [-0.1, -0.05) is 0 Å². The van der Waals surface area contributed by atoms with Gasteiger partial charge in [0.25, 0.3) is 0 Å². The van der Waals surface area contributed by atoms with E-state index >= 15 is 0 Å². The summed E-state index contributed by atoms with van der Waals surface area (Å²) in [7, 11) is 3.26. The van der Waals surface area contributed by atoms with Crippen molar-refractivity contribution >= 4 is 21.6 Å². The summed E-state index contributed by atoms with van der Waals surface area (Å²) in [5.74, 6) is 0.591. The second-order valence-electron chi connectivity index (χ2n) is 2.63. The van der Waals surface area contributed by atoms with Gasteiger partial charge in [-0.3, -0.25) is 0 Å². The van der Waals surface area contributed by atoms with E-state index in [9.17, 15) is 0 Å². The van der Waals surface area contributed by atoms with Crippen molar-refractivity contribution in [2.75, 3.05) is 32.7 Å². The summed E-state index contributed by atoms with van der Waals surface area (Å²) in [6, 6.07) is 1.83. The number of pyridine rings is 1. The highest BCUT2D eigenvalue weighted by Gasteiger charge is 2.01. The summed E-state index contributed by atoms with van der Waals surface area (Å²) in [5.41, 5.74) is 0.953. The third kappa shape index (κ3) is 3.16. The first-order valence-electron chi connectivity index (χ1n) is 4.20. The molecule has 4 nitrogen and oxygen atoms in total. The first-order chi connectivity index (χ1) is 6.77. The number of nitrogens with zero attached hydrogens (tertiary/aromatic N) is 1. The molecule has 0 saturated heterocycles. The molecule has 1 N–H and O–H groups in total. The number of rotatable bonds is 5. The van der Waals surface area contributed by atoms with Gasteiger partial charge >= 0.3 is 0 Å². The summed E-state index contributed by atoms with van der Waals surface area (Å²) in [5, 5.41) is 3.20. The van der Waals surface area contributed by atoms with Crippen LogP contribution in [0.2, 0.25) is 0 Å². The third-order valence-corrected chi connectivity index (χ3v) is 2.29. The molecule has 14 heavy (non-hydrogen) atoms. The maximum Gasteiger partial charge on any atom is 0.215 e. The molecule has 0 aliphatic heterocycles. The summed E-state index contributed by atoms with van der Waals surface area (Å²) in [6.07, 6.45) is 1.70. The van der Waals surface area contributed by atoms with Gasteiger partial charge in [-0.05, 0) is 15.9 Å². The van der Waals surface area contributed by atoms with E-state index in [1.807, 2.05) is 6.07 Å². The molecular weight excluding hydrogens is 248 g/mol. The third-order valence-electron chi connectivity index (χ3n) is 1.66. The van der Waals surface area contributed by atoms with E-state index in [-0.39, 0.29) is 0 Å². The maximum absolute atomic E-state index is 5.01. The molecule has 1 aromatic rings. The lowest BCUT2D eigenvalue weighted by Crippen LogP contribution is -2.08. The van der Waals surface area contributed by atoms with Crippen molar-refractivity contribution in [3.63, 3.8) is 0 Å². The molecule has 1 heterocycles. The number of ether oxygens (including phenoxy) is 2. The van der Waals surface area contributed by atoms with E-state index in [1.54, 1.807) is 20.4 Å². The first-order valence-corrected chi connectivity index (χ1v) is 4.99. The fourth-order valence-corrected chi connectivity index (χ4v) is 1.31. The highest BCUT2D eigenvalue weighted by Crippen LogP contribution is 2.24. The van der Waals surface area contributed by atoms with E-state index in [4.69, 9.17) is 9.47 Å². The SMILES string of the molecule is COCCNc1cc(OC)ncc1Br. The Bertz CT molecular complexity index is 294. The lowest BCUT2D eigenvalue weighted by molar-refractivity contribution is 0.210. The molecule has 1 aromatic heterocycles. The second-order valence-corrected chi connectivity index (χ2v) is 3.48. The molecular formula is C9H13BrN2O2. The fraction of sp³-hybridized carbons (Fsp3) is 0.444. The van der Waals surface area contributed by atoms with Gasteiger partial charge in [0.05, 0.1) is 23.9 Å². The van der Waals surface area contributed by atoms with Crippen LogP contribution in [0.15, 0.2) is 16.7 Å². The Morgan fingerprint density at radius 3 is 2.93 bits per heavy atom. The van der Waals surface area contributed by atoms with Gasteiger partial charge in [-0.15, -0.1) is 0 Å². The van der Waals surface area contributed by atoms with Crippen LogP contribution in [-0.4, -0.2) is 32.4 Å². The monoisotopic (exact) mass is 260 g/mol. The molecule has 0 saturated carbocycles. The molecule has 5 heteroatoms. The normalized spacial score (nSPS) is 9.93. The molecule has 0 atom stereocenters. The van der Waals surface area contributed by atoms with Crippen LogP contribution in [-0.2, 0) is 4.74 Å². The van der Waals surface area contributed by atoms with E-state index < -0.39 is 0 Å². The Morgan fingerprint density at radius 1 is 1.50 bits per heavy atom. The maximum atomic E-state index is 5.01. The van der Waals surface area contributed by atoms with E-state index in [1.165, 1.54) is 0 Å². The zero-order valence-corrected chi connectivity index (χ0v) is 9.80. The average molecular weight is 261 g/mol. The second kappa shape index (κ2) is 5.82. The van der Waals surface area contributed by atoms with E-state index in [0.29, 0.717) is 12.5 Å². The Balaban J connectivity index is 2.64. The predicted octanol–water partition coefficient (Wildman–Crippen LogP) is 1.91. The number of hydrogen-bond donors (Lipinski definition) is 1. The Kier molecular flexibility index (Phi) is 4.69. The molecule has 0 radical (unpaired) electrons. The number of methoxy groups -OCH3 is 2. The average Bonchev–Trinajstić information content (AvgIpc) is 2.21. The fourth-order valence-electron chi connectivity index (χ4n) is 0.954. The van der Waals surface area contributed by atoms with Crippen LogP contribution in [0.5, 0.6) is 5.88 Å². The van der Waals surface area contributed by atoms with Crippen molar-refractivity contribution in [1.82, 2.24) is 4.98 Å². The van der Waals surface area contributed by atoms with Gasteiger partial charge in [0.15, 0.2) is 0 Å². The zero-order valence-electron chi connectivity index (χ0n) is 8.21. The van der Waals surface area contributed by atoms with Crippen molar-refractivity contribution in [3.8, 4) is 5.88 Å². The number of nitrogens with one attached hydrogen (secondary N) is 1. The highest BCUT2D eigenvalue weighted by atomic mass is 79.9. The molecule has 0 unspecified atom stereocenters. The summed E-state index contributed by atoms with van der Waals surface area (Å²) in [4.78, 5) is 4.05. The number of aromatic nitrogens is 1. The van der Waals surface area contributed by atoms with Crippen molar-refractivity contribution in [1.29, 1.82) is 0 Å². The van der Waals surface area contributed by atoms with Crippen LogP contribution in [0.4, 0.5) is 5.69 Å². The molecule has 0 amide bonds. The topological polar surface area (TPSA) is 43.4 Å². The lowest BCUT2D eigenvalue weighted by Gasteiger charge is -2.08. The van der Waals surface area contributed by atoms with Gasteiger partial charge in [-0.25, -0.2) is 4.98 Å². The minimum absolute atomic E-state index is 0.591. The van der Waals surface area contributed by atoms with Crippen LogP contribution in [0.3, 0.4) is 0 Å². The van der Waals surface area contributed by atoms with Crippen molar-refractivity contribution in [2.24, 2.45) is 0 Å². The van der Waals surface area contributed by atoms with E-state index in [0.717, 1.165) is 16.7 Å². The Morgan fingerprint density at radius 2 is 2.29 bits per heavy atom. The molecule has 0 fully saturated rings. The minimum Gasteiger partial charge on any atom is -0.481 e. The van der Waals surface area contributed by atoms with Crippen LogP contribution >= 0.6 is 15.9 Å².